The predicted octanol–water partition coefficient (Wildman–Crippen LogP) is 4.09. The molecule has 0 aromatic heterocycles. The van der Waals surface area contributed by atoms with E-state index in [4.69, 9.17) is 15.2 Å². The standard InChI is InChI=1S/C23H25N3O4/c1-15(16-7-5-4-6-8-16)23(2,3)30-22(28)29-21(27)19-13-14-25-20(26-19)17-9-11-18(24)12-10-17/h4-15,20,26H,24H2,1-3H3. The van der Waals surface area contributed by atoms with Crippen LogP contribution in [0.4, 0.5) is 10.5 Å². The van der Waals surface area contributed by atoms with Crippen molar-refractivity contribution in [3.63, 3.8) is 0 Å². The van der Waals surface area contributed by atoms with Gasteiger partial charge in [0.1, 0.15) is 17.5 Å². The molecule has 156 valence electrons. The van der Waals surface area contributed by atoms with Gasteiger partial charge in [-0.3, -0.25) is 4.99 Å². The summed E-state index contributed by atoms with van der Waals surface area (Å²) in [4.78, 5) is 29.0. The average Bonchev–Trinajstić information content (AvgIpc) is 2.74. The van der Waals surface area contributed by atoms with E-state index < -0.39 is 23.9 Å². The van der Waals surface area contributed by atoms with Crippen molar-refractivity contribution in [2.45, 2.75) is 38.5 Å². The van der Waals surface area contributed by atoms with Gasteiger partial charge in [-0.05, 0) is 43.2 Å². The second-order valence-corrected chi connectivity index (χ2v) is 7.57. The van der Waals surface area contributed by atoms with E-state index >= 15 is 0 Å². The van der Waals surface area contributed by atoms with Gasteiger partial charge in [-0.1, -0.05) is 49.4 Å². The molecule has 3 N–H and O–H groups in total. The van der Waals surface area contributed by atoms with Gasteiger partial charge in [-0.25, -0.2) is 9.59 Å². The van der Waals surface area contributed by atoms with Crippen LogP contribution in [0.5, 0.6) is 0 Å². The Morgan fingerprint density at radius 2 is 1.77 bits per heavy atom. The largest absolute Gasteiger partial charge is 0.517 e. The Morgan fingerprint density at radius 3 is 2.43 bits per heavy atom. The Morgan fingerprint density at radius 1 is 1.10 bits per heavy atom. The van der Waals surface area contributed by atoms with Crippen molar-refractivity contribution in [2.24, 2.45) is 4.99 Å². The summed E-state index contributed by atoms with van der Waals surface area (Å²) in [6, 6.07) is 16.8. The smallest absolute Gasteiger partial charge is 0.427 e. The van der Waals surface area contributed by atoms with Gasteiger partial charge in [0.15, 0.2) is 0 Å². The molecule has 0 saturated heterocycles. The van der Waals surface area contributed by atoms with E-state index in [1.165, 1.54) is 12.3 Å². The van der Waals surface area contributed by atoms with E-state index in [1.54, 1.807) is 38.1 Å². The quantitative estimate of drug-likeness (QED) is 0.440. The van der Waals surface area contributed by atoms with E-state index in [2.05, 4.69) is 10.3 Å². The van der Waals surface area contributed by atoms with Crippen molar-refractivity contribution in [3.05, 3.63) is 77.5 Å². The molecule has 1 aliphatic rings. The lowest BCUT2D eigenvalue weighted by Gasteiger charge is -2.31. The molecule has 0 spiro atoms. The molecule has 0 aliphatic carbocycles. The molecule has 0 radical (unpaired) electrons. The zero-order chi connectivity index (χ0) is 21.7. The highest BCUT2D eigenvalue weighted by molar-refractivity contribution is 5.98. The summed E-state index contributed by atoms with van der Waals surface area (Å²) in [7, 11) is 0. The summed E-state index contributed by atoms with van der Waals surface area (Å²) in [6.07, 6.45) is 1.40. The number of nitrogens with zero attached hydrogens (tertiary/aromatic N) is 1. The van der Waals surface area contributed by atoms with Crippen LogP contribution in [-0.4, -0.2) is 23.9 Å². The molecule has 0 fully saturated rings. The minimum atomic E-state index is -1.05. The molecule has 0 saturated carbocycles. The molecular formula is C23H25N3O4. The Bertz CT molecular complexity index is 966. The van der Waals surface area contributed by atoms with E-state index in [0.29, 0.717) is 5.69 Å². The summed E-state index contributed by atoms with van der Waals surface area (Å²) < 4.78 is 10.4. The third-order valence-corrected chi connectivity index (χ3v) is 5.11. The number of hydrogen-bond donors (Lipinski definition) is 2. The van der Waals surface area contributed by atoms with Gasteiger partial charge in [-0.2, -0.15) is 0 Å². The zero-order valence-electron chi connectivity index (χ0n) is 17.2. The number of nitrogens with two attached hydrogens (primary N) is 1. The minimum Gasteiger partial charge on any atom is -0.427 e. The van der Waals surface area contributed by atoms with Gasteiger partial charge in [0.2, 0.25) is 0 Å². The number of benzene rings is 2. The van der Waals surface area contributed by atoms with E-state index in [1.807, 2.05) is 37.3 Å². The number of allylic oxidation sites excluding steroid dienone is 1. The summed E-state index contributed by atoms with van der Waals surface area (Å²) in [6.45, 7) is 5.50. The number of carbonyl (C=O) groups is 2. The Kier molecular flexibility index (Phi) is 6.20. The maximum absolute atomic E-state index is 12.4. The van der Waals surface area contributed by atoms with Crippen LogP contribution in [0.25, 0.3) is 0 Å². The molecule has 3 rings (SSSR count). The number of esters is 1. The zero-order valence-corrected chi connectivity index (χ0v) is 17.2. The van der Waals surface area contributed by atoms with Gasteiger partial charge in [0, 0.05) is 17.8 Å². The van der Waals surface area contributed by atoms with Crippen molar-refractivity contribution >= 4 is 24.0 Å². The van der Waals surface area contributed by atoms with Crippen LogP contribution < -0.4 is 11.1 Å². The number of aliphatic imine (C=N–C) groups is 1. The molecule has 7 heteroatoms. The van der Waals surface area contributed by atoms with Crippen LogP contribution in [-0.2, 0) is 14.3 Å². The van der Waals surface area contributed by atoms with Crippen molar-refractivity contribution in [2.75, 3.05) is 5.73 Å². The second-order valence-electron chi connectivity index (χ2n) is 7.57. The maximum Gasteiger partial charge on any atom is 0.517 e. The first kappa shape index (κ1) is 21.1. The maximum atomic E-state index is 12.4. The van der Waals surface area contributed by atoms with E-state index in [9.17, 15) is 9.59 Å². The predicted molar refractivity (Wildman–Crippen MR) is 115 cm³/mol. The Balaban J connectivity index is 1.60. The van der Waals surface area contributed by atoms with Gasteiger partial charge in [0.05, 0.1) is 0 Å². The molecular weight excluding hydrogens is 382 g/mol. The van der Waals surface area contributed by atoms with Crippen molar-refractivity contribution in [1.29, 1.82) is 0 Å². The Labute approximate surface area is 175 Å². The lowest BCUT2D eigenvalue weighted by atomic mass is 9.86. The van der Waals surface area contributed by atoms with Gasteiger partial charge in [0.25, 0.3) is 0 Å². The highest BCUT2D eigenvalue weighted by Crippen LogP contribution is 2.31. The number of rotatable bonds is 5. The molecule has 7 nitrogen and oxygen atoms in total. The lowest BCUT2D eigenvalue weighted by Crippen LogP contribution is -2.36. The molecule has 2 aromatic rings. The number of ether oxygens (including phenoxy) is 2. The third-order valence-electron chi connectivity index (χ3n) is 5.11. The number of anilines is 1. The van der Waals surface area contributed by atoms with Crippen LogP contribution in [0.1, 0.15) is 44.0 Å². The normalized spacial score (nSPS) is 16.8. The van der Waals surface area contributed by atoms with Crippen molar-refractivity contribution < 1.29 is 19.1 Å². The fourth-order valence-electron chi connectivity index (χ4n) is 3.01. The highest BCUT2D eigenvalue weighted by atomic mass is 16.7. The molecule has 2 aromatic carbocycles. The first-order valence-corrected chi connectivity index (χ1v) is 9.62. The molecule has 30 heavy (non-hydrogen) atoms. The van der Waals surface area contributed by atoms with Gasteiger partial charge < -0.3 is 20.5 Å². The van der Waals surface area contributed by atoms with E-state index in [-0.39, 0.29) is 11.6 Å². The van der Waals surface area contributed by atoms with E-state index in [0.717, 1.165) is 11.1 Å². The molecule has 2 unspecified atom stereocenters. The first-order chi connectivity index (χ1) is 14.3. The lowest BCUT2D eigenvalue weighted by molar-refractivity contribution is -0.138. The molecule has 0 bridgehead atoms. The van der Waals surface area contributed by atoms with Gasteiger partial charge in [-0.15, -0.1) is 0 Å². The van der Waals surface area contributed by atoms with Crippen molar-refractivity contribution in [3.8, 4) is 0 Å². The topological polar surface area (TPSA) is 103 Å². The monoisotopic (exact) mass is 407 g/mol. The van der Waals surface area contributed by atoms with Crippen LogP contribution in [0.2, 0.25) is 0 Å². The number of nitrogen functional groups attached to an aromatic ring is 1. The van der Waals surface area contributed by atoms with Crippen LogP contribution in [0.15, 0.2) is 71.4 Å². The van der Waals surface area contributed by atoms with Crippen LogP contribution in [0.3, 0.4) is 0 Å². The Hall–Kier alpha value is -3.61. The number of nitrogens with one attached hydrogen (secondary N) is 1. The van der Waals surface area contributed by atoms with Crippen molar-refractivity contribution in [1.82, 2.24) is 5.32 Å². The molecule has 1 aliphatic heterocycles. The SMILES string of the molecule is CC(c1ccccc1)C(C)(C)OC(=O)OC(=O)C1=CC=NC(c2ccc(N)cc2)N1. The second kappa shape index (κ2) is 8.82. The summed E-state index contributed by atoms with van der Waals surface area (Å²) in [5.74, 6) is -0.940. The number of carbonyl (C=O) groups excluding carboxylic acids is 2. The molecule has 2 atom stereocenters. The molecule has 1 heterocycles. The fraction of sp³-hybridized carbons (Fsp3) is 0.261. The summed E-state index contributed by atoms with van der Waals surface area (Å²) in [5, 5.41) is 2.95. The van der Waals surface area contributed by atoms with Crippen LogP contribution >= 0.6 is 0 Å². The minimum absolute atomic E-state index is 0.101. The fourth-order valence-corrected chi connectivity index (χ4v) is 3.01. The highest BCUT2D eigenvalue weighted by Gasteiger charge is 2.33. The average molecular weight is 407 g/mol. The third kappa shape index (κ3) is 5.05. The summed E-state index contributed by atoms with van der Waals surface area (Å²) in [5.41, 5.74) is 7.40. The first-order valence-electron chi connectivity index (χ1n) is 9.62. The molecule has 0 amide bonds. The van der Waals surface area contributed by atoms with Crippen LogP contribution in [0, 0.1) is 0 Å². The number of hydrogen-bond acceptors (Lipinski definition) is 7. The van der Waals surface area contributed by atoms with Gasteiger partial charge >= 0.3 is 12.1 Å². The summed E-state index contributed by atoms with van der Waals surface area (Å²) >= 11 is 0.